The number of fused-ring (bicyclic) bond motifs is 1. The van der Waals surface area contributed by atoms with Crippen LogP contribution in [0, 0.1) is 5.92 Å². The molecule has 0 saturated heterocycles. The number of hydrogen-bond donors (Lipinski definition) is 3. The van der Waals surface area contributed by atoms with Crippen molar-refractivity contribution in [1.29, 1.82) is 0 Å². The maximum absolute atomic E-state index is 13.0. The van der Waals surface area contributed by atoms with Gasteiger partial charge in [0.2, 0.25) is 0 Å². The summed E-state index contributed by atoms with van der Waals surface area (Å²) in [5, 5.41) is 15.7. The number of rotatable bonds is 7. The molecule has 0 heterocycles. The van der Waals surface area contributed by atoms with E-state index in [0.29, 0.717) is 18.4 Å². The minimum atomic E-state index is -2.00. The van der Waals surface area contributed by atoms with Gasteiger partial charge in [0, 0.05) is 18.0 Å². The van der Waals surface area contributed by atoms with Gasteiger partial charge in [0.05, 0.1) is 0 Å². The van der Waals surface area contributed by atoms with Gasteiger partial charge in [-0.2, -0.15) is 0 Å². The van der Waals surface area contributed by atoms with Crippen molar-refractivity contribution in [1.82, 2.24) is 5.32 Å². The second kappa shape index (κ2) is 8.01. The predicted molar refractivity (Wildman–Crippen MR) is 117 cm³/mol. The van der Waals surface area contributed by atoms with Gasteiger partial charge in [0.1, 0.15) is 0 Å². The summed E-state index contributed by atoms with van der Waals surface area (Å²) in [6, 6.07) is 23.2. The van der Waals surface area contributed by atoms with E-state index >= 15 is 0 Å². The molecule has 2 unspecified atom stereocenters. The fourth-order valence-corrected chi connectivity index (χ4v) is 4.43. The van der Waals surface area contributed by atoms with Crippen LogP contribution >= 0.6 is 0 Å². The van der Waals surface area contributed by atoms with Gasteiger partial charge in [-0.05, 0) is 41.7 Å². The van der Waals surface area contributed by atoms with Gasteiger partial charge in [0.25, 0.3) is 0 Å². The Morgan fingerprint density at radius 3 is 2.33 bits per heavy atom. The molecule has 1 aliphatic carbocycles. The first-order valence-corrected chi connectivity index (χ1v) is 10.3. The van der Waals surface area contributed by atoms with E-state index < -0.39 is 17.3 Å². The van der Waals surface area contributed by atoms with E-state index in [1.807, 2.05) is 12.1 Å². The molecule has 2 atom stereocenters. The fraction of sp³-hybridized carbons (Fsp3) is 0.280. The number of nitrogens with one attached hydrogen (secondary N) is 1. The number of benzene rings is 3. The van der Waals surface area contributed by atoms with Crippen LogP contribution in [0.15, 0.2) is 72.8 Å². The minimum absolute atomic E-state index is 0.119. The SMILES string of the molecule is CC(NC1CC(C(=O)C(N)(C(=O)O)c2ccccc2)C1)c1cccc2ccccc12. The number of ketones is 1. The lowest BCUT2D eigenvalue weighted by Crippen LogP contribution is -2.58. The van der Waals surface area contributed by atoms with E-state index in [1.165, 1.54) is 16.3 Å². The van der Waals surface area contributed by atoms with Crippen LogP contribution in [0.5, 0.6) is 0 Å². The third-order valence-electron chi connectivity index (χ3n) is 6.24. The van der Waals surface area contributed by atoms with Crippen molar-refractivity contribution >= 4 is 22.5 Å². The predicted octanol–water partition coefficient (Wildman–Crippen LogP) is 3.78. The summed E-state index contributed by atoms with van der Waals surface area (Å²) in [4.78, 5) is 24.9. The van der Waals surface area contributed by atoms with Crippen molar-refractivity contribution in [3.05, 3.63) is 83.9 Å². The number of carboxylic acids is 1. The Kier molecular flexibility index (Phi) is 5.41. The quantitative estimate of drug-likeness (QED) is 0.523. The van der Waals surface area contributed by atoms with Gasteiger partial charge in [0.15, 0.2) is 11.3 Å². The fourth-order valence-electron chi connectivity index (χ4n) is 4.43. The molecule has 1 saturated carbocycles. The number of carbonyl (C=O) groups is 2. The van der Waals surface area contributed by atoms with Gasteiger partial charge < -0.3 is 16.2 Å². The molecule has 0 amide bonds. The van der Waals surface area contributed by atoms with E-state index in [4.69, 9.17) is 5.73 Å². The highest BCUT2D eigenvalue weighted by Gasteiger charge is 2.50. The zero-order valence-electron chi connectivity index (χ0n) is 16.9. The van der Waals surface area contributed by atoms with Crippen molar-refractivity contribution in [3.8, 4) is 0 Å². The summed E-state index contributed by atoms with van der Waals surface area (Å²) in [5.74, 6) is -2.08. The van der Waals surface area contributed by atoms with Crippen molar-refractivity contribution < 1.29 is 14.7 Å². The number of aliphatic carboxylic acids is 1. The maximum atomic E-state index is 13.0. The van der Waals surface area contributed by atoms with E-state index in [2.05, 4.69) is 42.6 Å². The highest BCUT2D eigenvalue weighted by Crippen LogP contribution is 2.36. The van der Waals surface area contributed by atoms with Gasteiger partial charge >= 0.3 is 5.97 Å². The van der Waals surface area contributed by atoms with Crippen LogP contribution in [-0.2, 0) is 15.1 Å². The zero-order valence-corrected chi connectivity index (χ0v) is 16.9. The molecule has 4 rings (SSSR count). The topological polar surface area (TPSA) is 92.4 Å². The van der Waals surface area contributed by atoms with E-state index in [0.717, 1.165) is 0 Å². The number of carboxylic acid groups (broad SMARTS) is 1. The Balaban J connectivity index is 1.44. The molecular formula is C25H26N2O3. The summed E-state index contributed by atoms with van der Waals surface area (Å²) < 4.78 is 0. The van der Waals surface area contributed by atoms with Crippen LogP contribution in [0.2, 0.25) is 0 Å². The van der Waals surface area contributed by atoms with Gasteiger partial charge in [-0.1, -0.05) is 72.8 Å². The first-order chi connectivity index (χ1) is 14.4. The molecule has 1 fully saturated rings. The average molecular weight is 402 g/mol. The first-order valence-electron chi connectivity index (χ1n) is 10.3. The van der Waals surface area contributed by atoms with Gasteiger partial charge in [-0.15, -0.1) is 0 Å². The third kappa shape index (κ3) is 3.51. The molecule has 4 N–H and O–H groups in total. The number of nitrogens with two attached hydrogens (primary N) is 1. The van der Waals surface area contributed by atoms with Crippen LogP contribution in [0.1, 0.15) is 36.9 Å². The van der Waals surface area contributed by atoms with Crippen LogP contribution in [0.3, 0.4) is 0 Å². The number of hydrogen-bond acceptors (Lipinski definition) is 4. The molecule has 5 heteroatoms. The molecule has 0 spiro atoms. The Hall–Kier alpha value is -3.02. The second-order valence-corrected chi connectivity index (χ2v) is 8.17. The Morgan fingerprint density at radius 2 is 1.63 bits per heavy atom. The summed E-state index contributed by atoms with van der Waals surface area (Å²) >= 11 is 0. The van der Waals surface area contributed by atoms with Crippen molar-refractivity contribution in [2.45, 2.75) is 37.4 Å². The largest absolute Gasteiger partial charge is 0.479 e. The zero-order chi connectivity index (χ0) is 21.3. The molecule has 0 bridgehead atoms. The van der Waals surface area contributed by atoms with Gasteiger partial charge in [-0.25, -0.2) is 4.79 Å². The van der Waals surface area contributed by atoms with E-state index in [1.54, 1.807) is 30.3 Å². The Bertz CT molecular complexity index is 1070. The van der Waals surface area contributed by atoms with Crippen LogP contribution in [-0.4, -0.2) is 22.9 Å². The standard InChI is InChI=1S/C25H26N2O3/c1-16(21-13-7-9-17-8-5-6-12-22(17)21)27-20-14-18(15-20)23(28)25(26,24(29)30)19-10-3-2-4-11-19/h2-13,16,18,20,27H,14-15,26H2,1H3,(H,29,30). The Labute approximate surface area is 175 Å². The summed E-state index contributed by atoms with van der Waals surface area (Å²) in [7, 11) is 0. The van der Waals surface area contributed by atoms with E-state index in [-0.39, 0.29) is 18.0 Å². The second-order valence-electron chi connectivity index (χ2n) is 8.17. The molecule has 30 heavy (non-hydrogen) atoms. The maximum Gasteiger partial charge on any atom is 0.336 e. The van der Waals surface area contributed by atoms with Crippen molar-refractivity contribution in [2.24, 2.45) is 11.7 Å². The molecule has 3 aromatic rings. The molecule has 0 aromatic heterocycles. The normalized spacial score (nSPS) is 21.4. The molecule has 0 radical (unpaired) electrons. The average Bonchev–Trinajstić information content (AvgIpc) is 2.74. The lowest BCUT2D eigenvalue weighted by molar-refractivity contribution is -0.151. The van der Waals surface area contributed by atoms with E-state index in [9.17, 15) is 14.7 Å². The van der Waals surface area contributed by atoms with Crippen LogP contribution in [0.25, 0.3) is 10.8 Å². The number of Topliss-reactive ketones (excluding diaryl/α,β-unsaturated/α-hetero) is 1. The first kappa shape index (κ1) is 20.3. The molecule has 3 aromatic carbocycles. The smallest absolute Gasteiger partial charge is 0.336 e. The highest BCUT2D eigenvalue weighted by molar-refractivity contribution is 6.09. The summed E-state index contributed by atoms with van der Waals surface area (Å²) in [5.41, 5.74) is 5.68. The molecular weight excluding hydrogens is 376 g/mol. The van der Waals surface area contributed by atoms with Gasteiger partial charge in [-0.3, -0.25) is 4.79 Å². The van der Waals surface area contributed by atoms with Crippen molar-refractivity contribution in [2.75, 3.05) is 0 Å². The lowest BCUT2D eigenvalue weighted by Gasteiger charge is -2.40. The van der Waals surface area contributed by atoms with Crippen LogP contribution in [0.4, 0.5) is 0 Å². The molecule has 1 aliphatic rings. The Morgan fingerprint density at radius 1 is 1.00 bits per heavy atom. The van der Waals surface area contributed by atoms with Crippen molar-refractivity contribution in [3.63, 3.8) is 0 Å². The monoisotopic (exact) mass is 402 g/mol. The highest BCUT2D eigenvalue weighted by atomic mass is 16.4. The minimum Gasteiger partial charge on any atom is -0.479 e. The van der Waals surface area contributed by atoms with Crippen LogP contribution < -0.4 is 11.1 Å². The number of carbonyl (C=O) groups excluding carboxylic acids is 1. The third-order valence-corrected chi connectivity index (χ3v) is 6.24. The summed E-state index contributed by atoms with van der Waals surface area (Å²) in [6.07, 6.45) is 1.18. The lowest BCUT2D eigenvalue weighted by atomic mass is 9.70. The molecule has 0 aliphatic heterocycles. The molecule has 5 nitrogen and oxygen atoms in total. The molecule has 154 valence electrons. The summed E-state index contributed by atoms with van der Waals surface area (Å²) in [6.45, 7) is 2.12.